The lowest BCUT2D eigenvalue weighted by atomic mass is 9.76. The van der Waals surface area contributed by atoms with E-state index in [4.69, 9.17) is 0 Å². The van der Waals surface area contributed by atoms with Crippen LogP contribution in [-0.4, -0.2) is 44.4 Å². The second-order valence-electron chi connectivity index (χ2n) is 10.6. The fraction of sp³-hybridized carbons (Fsp3) is 0.414. The lowest BCUT2D eigenvalue weighted by Gasteiger charge is -2.34. The Kier molecular flexibility index (Phi) is 5.48. The molecule has 2 aliphatic heterocycles. The van der Waals surface area contributed by atoms with Crippen molar-refractivity contribution in [3.63, 3.8) is 0 Å². The summed E-state index contributed by atoms with van der Waals surface area (Å²) >= 11 is 0. The number of carbonyl (C=O) groups excluding carboxylic acids is 2. The number of aromatic nitrogens is 1. The van der Waals surface area contributed by atoms with E-state index < -0.39 is 29.4 Å². The second kappa shape index (κ2) is 8.59. The summed E-state index contributed by atoms with van der Waals surface area (Å²) in [4.78, 5) is 45.9. The molecule has 3 N–H and O–H groups in total. The van der Waals surface area contributed by atoms with Crippen molar-refractivity contribution in [3.8, 4) is 0 Å². The van der Waals surface area contributed by atoms with E-state index in [0.717, 1.165) is 59.7 Å². The number of hydrogen-bond donors (Lipinski definition) is 3. The third kappa shape index (κ3) is 3.33. The van der Waals surface area contributed by atoms with Gasteiger partial charge in [0.05, 0.1) is 11.8 Å². The van der Waals surface area contributed by atoms with Crippen molar-refractivity contribution in [3.05, 3.63) is 71.4 Å². The Labute approximate surface area is 209 Å². The zero-order chi connectivity index (χ0) is 25.0. The van der Waals surface area contributed by atoms with Crippen LogP contribution in [0.1, 0.15) is 54.8 Å². The minimum atomic E-state index is -1.60. The molecule has 6 rings (SSSR count). The number of carboxylic acids is 1. The number of fused-ring (bicyclic) bond motifs is 2. The van der Waals surface area contributed by atoms with Gasteiger partial charge in [0.15, 0.2) is 0 Å². The largest absolute Gasteiger partial charge is 0.480 e. The Morgan fingerprint density at radius 3 is 2.50 bits per heavy atom. The molecule has 2 aromatic carbocycles. The molecule has 7 nitrogen and oxygen atoms in total. The topological polar surface area (TPSA) is 102 Å². The highest BCUT2D eigenvalue weighted by Gasteiger charge is 2.69. The number of aliphatic carboxylic acids is 1. The zero-order valence-electron chi connectivity index (χ0n) is 20.4. The first-order chi connectivity index (χ1) is 17.4. The Hall–Kier alpha value is -3.45. The van der Waals surface area contributed by atoms with Gasteiger partial charge in [0, 0.05) is 35.6 Å². The number of benzene rings is 2. The first-order valence-corrected chi connectivity index (χ1v) is 12.9. The van der Waals surface area contributed by atoms with Crippen molar-refractivity contribution in [1.29, 1.82) is 0 Å². The van der Waals surface area contributed by atoms with Gasteiger partial charge in [-0.2, -0.15) is 0 Å². The molecule has 36 heavy (non-hydrogen) atoms. The summed E-state index contributed by atoms with van der Waals surface area (Å²) in [7, 11) is 0. The summed E-state index contributed by atoms with van der Waals surface area (Å²) in [5, 5.41) is 15.1. The van der Waals surface area contributed by atoms with E-state index in [1.54, 1.807) is 0 Å². The van der Waals surface area contributed by atoms with E-state index >= 15 is 0 Å². The Morgan fingerprint density at radius 2 is 1.75 bits per heavy atom. The molecule has 0 spiro atoms. The number of amides is 2. The van der Waals surface area contributed by atoms with Crippen molar-refractivity contribution < 1.29 is 19.5 Å². The molecule has 1 saturated carbocycles. The molecule has 1 aliphatic carbocycles. The fourth-order valence-corrected chi connectivity index (χ4v) is 6.94. The number of carboxylic acid groups (broad SMARTS) is 1. The highest BCUT2D eigenvalue weighted by Crippen LogP contribution is 2.52. The van der Waals surface area contributed by atoms with Gasteiger partial charge in [-0.05, 0) is 42.5 Å². The highest BCUT2D eigenvalue weighted by molar-refractivity contribution is 6.10. The van der Waals surface area contributed by atoms with E-state index in [0.29, 0.717) is 0 Å². The maximum Gasteiger partial charge on any atom is 0.325 e. The molecule has 0 radical (unpaired) electrons. The minimum Gasteiger partial charge on any atom is -0.480 e. The number of rotatable bonds is 5. The summed E-state index contributed by atoms with van der Waals surface area (Å²) in [5.41, 5.74) is 1.98. The van der Waals surface area contributed by atoms with Gasteiger partial charge < -0.3 is 10.1 Å². The molecule has 3 aromatic rings. The average Bonchev–Trinajstić information content (AvgIpc) is 3.52. The molecule has 2 amide bonds. The van der Waals surface area contributed by atoms with Crippen molar-refractivity contribution in [2.45, 2.75) is 63.1 Å². The molecule has 3 heterocycles. The van der Waals surface area contributed by atoms with E-state index in [2.05, 4.69) is 10.3 Å². The SMILES string of the molecule is Cc1ccccc1C1NC(Cc2c[nH]c3ccccc23)(C(=O)O)C2C(=O)N(C3CCCCC3)C(=O)C12. The third-order valence-corrected chi connectivity index (χ3v) is 8.68. The first kappa shape index (κ1) is 23.0. The van der Waals surface area contributed by atoms with Gasteiger partial charge in [0.25, 0.3) is 0 Å². The third-order valence-electron chi connectivity index (χ3n) is 8.68. The number of hydrogen-bond acceptors (Lipinski definition) is 4. The van der Waals surface area contributed by atoms with Crippen LogP contribution in [0.25, 0.3) is 10.9 Å². The number of nitrogens with zero attached hydrogens (tertiary/aromatic N) is 1. The smallest absolute Gasteiger partial charge is 0.325 e. The van der Waals surface area contributed by atoms with Gasteiger partial charge in [0.1, 0.15) is 5.54 Å². The molecule has 3 fully saturated rings. The Balaban J connectivity index is 1.49. The zero-order valence-corrected chi connectivity index (χ0v) is 20.4. The quantitative estimate of drug-likeness (QED) is 0.472. The van der Waals surface area contributed by atoms with Gasteiger partial charge in [-0.25, -0.2) is 0 Å². The molecule has 2 saturated heterocycles. The minimum absolute atomic E-state index is 0.105. The molecule has 7 heteroatoms. The number of likely N-dealkylation sites (tertiary alicyclic amines) is 1. The van der Waals surface area contributed by atoms with Crippen molar-refractivity contribution >= 4 is 28.7 Å². The van der Waals surface area contributed by atoms with Crippen LogP contribution in [0.2, 0.25) is 0 Å². The van der Waals surface area contributed by atoms with Crippen LogP contribution in [0, 0.1) is 18.8 Å². The van der Waals surface area contributed by atoms with E-state index in [1.165, 1.54) is 4.90 Å². The van der Waals surface area contributed by atoms with Crippen molar-refractivity contribution in [2.75, 3.05) is 0 Å². The number of para-hydroxylation sites is 1. The molecule has 4 unspecified atom stereocenters. The first-order valence-electron chi connectivity index (χ1n) is 12.9. The molecule has 3 aliphatic rings. The summed E-state index contributed by atoms with van der Waals surface area (Å²) < 4.78 is 0. The van der Waals surface area contributed by atoms with Crippen molar-refractivity contribution in [1.82, 2.24) is 15.2 Å². The molecular weight excluding hydrogens is 454 g/mol. The van der Waals surface area contributed by atoms with E-state index in [9.17, 15) is 19.5 Å². The molecule has 4 atom stereocenters. The summed E-state index contributed by atoms with van der Waals surface area (Å²) in [6.45, 7) is 1.96. The van der Waals surface area contributed by atoms with Crippen LogP contribution < -0.4 is 5.32 Å². The lowest BCUT2D eigenvalue weighted by molar-refractivity contribution is -0.152. The predicted molar refractivity (Wildman–Crippen MR) is 135 cm³/mol. The van der Waals surface area contributed by atoms with Crippen molar-refractivity contribution in [2.24, 2.45) is 11.8 Å². The standard InChI is InChI=1S/C29H31N3O4/c1-17-9-5-6-12-20(17)25-23-24(27(34)32(26(23)33)19-10-3-2-4-11-19)29(31-25,28(35)36)15-18-16-30-22-14-8-7-13-21(18)22/h5-9,12-14,16,19,23-25,30-31H,2-4,10-11,15H2,1H3,(H,35,36). The Morgan fingerprint density at radius 1 is 1.03 bits per heavy atom. The predicted octanol–water partition coefficient (Wildman–Crippen LogP) is 4.12. The number of aromatic amines is 1. The highest BCUT2D eigenvalue weighted by atomic mass is 16.4. The van der Waals surface area contributed by atoms with Crippen LogP contribution in [0.5, 0.6) is 0 Å². The van der Waals surface area contributed by atoms with Gasteiger partial charge >= 0.3 is 5.97 Å². The normalized spacial score (nSPS) is 28.7. The maximum atomic E-state index is 14.1. The van der Waals surface area contributed by atoms with Crippen LogP contribution in [0.3, 0.4) is 0 Å². The average molecular weight is 486 g/mol. The maximum absolute atomic E-state index is 14.1. The van der Waals surface area contributed by atoms with Crippen LogP contribution >= 0.6 is 0 Å². The number of imide groups is 1. The number of H-pyrrole nitrogens is 1. The summed E-state index contributed by atoms with van der Waals surface area (Å²) in [6.07, 6.45) is 6.59. The second-order valence-corrected chi connectivity index (χ2v) is 10.6. The summed E-state index contributed by atoms with van der Waals surface area (Å²) in [6, 6.07) is 14.8. The number of nitrogens with one attached hydrogen (secondary N) is 2. The summed E-state index contributed by atoms with van der Waals surface area (Å²) in [5.74, 6) is -3.36. The number of aryl methyl sites for hydroxylation is 1. The van der Waals surface area contributed by atoms with Crippen LogP contribution in [-0.2, 0) is 20.8 Å². The van der Waals surface area contributed by atoms with E-state index in [-0.39, 0.29) is 24.3 Å². The molecule has 1 aromatic heterocycles. The van der Waals surface area contributed by atoms with Gasteiger partial charge in [-0.1, -0.05) is 61.7 Å². The van der Waals surface area contributed by atoms with Gasteiger partial charge in [-0.3, -0.25) is 24.6 Å². The Bertz CT molecular complexity index is 1360. The van der Waals surface area contributed by atoms with Gasteiger partial charge in [0.2, 0.25) is 11.8 Å². The van der Waals surface area contributed by atoms with E-state index in [1.807, 2.05) is 61.7 Å². The van der Waals surface area contributed by atoms with Gasteiger partial charge in [-0.15, -0.1) is 0 Å². The molecular formula is C29H31N3O4. The lowest BCUT2D eigenvalue weighted by Crippen LogP contribution is -2.58. The molecule has 0 bridgehead atoms. The molecule has 186 valence electrons. The fourth-order valence-electron chi connectivity index (χ4n) is 6.94. The van der Waals surface area contributed by atoms with Crippen LogP contribution in [0.4, 0.5) is 0 Å². The number of carbonyl (C=O) groups is 3. The monoisotopic (exact) mass is 485 g/mol. The van der Waals surface area contributed by atoms with Crippen LogP contribution in [0.15, 0.2) is 54.7 Å².